The Hall–Kier alpha value is -1.30. The van der Waals surface area contributed by atoms with Gasteiger partial charge in [0.25, 0.3) is 0 Å². The monoisotopic (exact) mass is 257 g/mol. The molecule has 18 heavy (non-hydrogen) atoms. The van der Waals surface area contributed by atoms with Crippen molar-refractivity contribution in [3.63, 3.8) is 0 Å². The van der Waals surface area contributed by atoms with E-state index in [1.807, 2.05) is 20.8 Å². The maximum atomic E-state index is 11.7. The second-order valence-electron chi connectivity index (χ2n) is 6.18. The first kappa shape index (κ1) is 13.1. The predicted octanol–water partition coefficient (Wildman–Crippen LogP) is 1.10. The molecule has 0 bridgehead atoms. The zero-order valence-corrected chi connectivity index (χ0v) is 10.9. The molecule has 1 amide bonds. The number of hydrogen-bond donors (Lipinski definition) is 1. The highest BCUT2D eigenvalue weighted by molar-refractivity contribution is 5.73. The third kappa shape index (κ3) is 2.58. The van der Waals surface area contributed by atoms with E-state index in [0.717, 1.165) is 0 Å². The summed E-state index contributed by atoms with van der Waals surface area (Å²) in [6, 6.07) is 0. The molecule has 0 radical (unpaired) electrons. The summed E-state index contributed by atoms with van der Waals surface area (Å²) in [6.07, 6.45) is -0.598. The summed E-state index contributed by atoms with van der Waals surface area (Å²) in [7, 11) is 0. The van der Waals surface area contributed by atoms with E-state index in [9.17, 15) is 9.59 Å². The first-order valence-corrected chi connectivity index (χ1v) is 6.03. The SMILES string of the molecule is CC(C)(C)OC(=O)N1CC2(COC(C(=O)O)C2)C1. The van der Waals surface area contributed by atoms with Crippen molar-refractivity contribution in [2.24, 2.45) is 5.41 Å². The van der Waals surface area contributed by atoms with Crippen molar-refractivity contribution >= 4 is 12.1 Å². The number of rotatable bonds is 1. The minimum Gasteiger partial charge on any atom is -0.479 e. The van der Waals surface area contributed by atoms with Crippen LogP contribution in [0, 0.1) is 5.41 Å². The third-order valence-electron chi connectivity index (χ3n) is 3.19. The molecule has 2 rings (SSSR count). The molecule has 0 saturated carbocycles. The molecule has 0 aromatic rings. The van der Waals surface area contributed by atoms with Gasteiger partial charge in [0.1, 0.15) is 5.60 Å². The van der Waals surface area contributed by atoms with Gasteiger partial charge < -0.3 is 19.5 Å². The Balaban J connectivity index is 1.84. The molecule has 102 valence electrons. The number of carbonyl (C=O) groups is 2. The molecule has 0 aromatic heterocycles. The van der Waals surface area contributed by atoms with E-state index in [4.69, 9.17) is 14.6 Å². The first-order chi connectivity index (χ1) is 8.21. The van der Waals surface area contributed by atoms with Gasteiger partial charge in [0, 0.05) is 18.5 Å². The van der Waals surface area contributed by atoms with Crippen molar-refractivity contribution in [1.82, 2.24) is 4.90 Å². The van der Waals surface area contributed by atoms with Crippen molar-refractivity contribution < 1.29 is 24.2 Å². The zero-order valence-electron chi connectivity index (χ0n) is 10.9. The summed E-state index contributed by atoms with van der Waals surface area (Å²) < 4.78 is 10.5. The van der Waals surface area contributed by atoms with Crippen LogP contribution < -0.4 is 0 Å². The highest BCUT2D eigenvalue weighted by Gasteiger charge is 2.53. The standard InChI is InChI=1S/C12H19NO5/c1-11(2,3)18-10(16)13-5-12(6-13)4-8(9(14)15)17-7-12/h8H,4-7H2,1-3H3,(H,14,15). The Kier molecular flexibility index (Phi) is 3.01. The number of nitrogens with zero attached hydrogens (tertiary/aromatic N) is 1. The molecule has 2 heterocycles. The Morgan fingerprint density at radius 2 is 2.00 bits per heavy atom. The lowest BCUT2D eigenvalue weighted by atomic mass is 9.78. The molecule has 1 N–H and O–H groups in total. The van der Waals surface area contributed by atoms with Gasteiger partial charge in [-0.05, 0) is 27.2 Å². The van der Waals surface area contributed by atoms with Crippen molar-refractivity contribution in [3.05, 3.63) is 0 Å². The van der Waals surface area contributed by atoms with E-state index < -0.39 is 17.7 Å². The van der Waals surface area contributed by atoms with Crippen LogP contribution in [0.15, 0.2) is 0 Å². The molecule has 2 aliphatic rings. The molecule has 6 heteroatoms. The predicted molar refractivity (Wildman–Crippen MR) is 62.2 cm³/mol. The lowest BCUT2D eigenvalue weighted by Gasteiger charge is -2.46. The molecule has 0 aromatic carbocycles. The van der Waals surface area contributed by atoms with Crippen LogP contribution in [-0.4, -0.2) is 53.5 Å². The Labute approximate surface area is 106 Å². The van der Waals surface area contributed by atoms with Crippen LogP contribution in [-0.2, 0) is 14.3 Å². The van der Waals surface area contributed by atoms with Gasteiger partial charge in [0.15, 0.2) is 6.10 Å². The fourth-order valence-corrected chi connectivity index (χ4v) is 2.39. The van der Waals surface area contributed by atoms with E-state index >= 15 is 0 Å². The lowest BCUT2D eigenvalue weighted by Crippen LogP contribution is -2.59. The fraction of sp³-hybridized carbons (Fsp3) is 0.833. The van der Waals surface area contributed by atoms with Crippen LogP contribution in [0.5, 0.6) is 0 Å². The van der Waals surface area contributed by atoms with E-state index in [-0.39, 0.29) is 11.5 Å². The van der Waals surface area contributed by atoms with Crippen LogP contribution in [0.2, 0.25) is 0 Å². The molecule has 2 aliphatic heterocycles. The van der Waals surface area contributed by atoms with Gasteiger partial charge in [-0.1, -0.05) is 0 Å². The molecular formula is C12H19NO5. The zero-order chi connectivity index (χ0) is 13.6. The van der Waals surface area contributed by atoms with Crippen LogP contribution in [0.4, 0.5) is 4.79 Å². The normalized spacial score (nSPS) is 25.9. The van der Waals surface area contributed by atoms with Crippen molar-refractivity contribution in [2.45, 2.75) is 38.9 Å². The summed E-state index contributed by atoms with van der Waals surface area (Å²) in [4.78, 5) is 24.1. The summed E-state index contributed by atoms with van der Waals surface area (Å²) in [5.41, 5.74) is -0.685. The Morgan fingerprint density at radius 1 is 1.39 bits per heavy atom. The average molecular weight is 257 g/mol. The molecule has 6 nitrogen and oxygen atoms in total. The largest absolute Gasteiger partial charge is 0.479 e. The number of likely N-dealkylation sites (tertiary alicyclic amines) is 1. The third-order valence-corrected chi connectivity index (χ3v) is 3.19. The van der Waals surface area contributed by atoms with Crippen LogP contribution in [0.1, 0.15) is 27.2 Å². The van der Waals surface area contributed by atoms with Crippen molar-refractivity contribution in [2.75, 3.05) is 19.7 Å². The van der Waals surface area contributed by atoms with Gasteiger partial charge in [0.05, 0.1) is 6.61 Å². The van der Waals surface area contributed by atoms with Gasteiger partial charge in [-0.2, -0.15) is 0 Å². The average Bonchev–Trinajstić information content (AvgIpc) is 2.56. The quantitative estimate of drug-likeness (QED) is 0.761. The van der Waals surface area contributed by atoms with Gasteiger partial charge in [-0.3, -0.25) is 0 Å². The van der Waals surface area contributed by atoms with Gasteiger partial charge in [0.2, 0.25) is 0 Å². The van der Waals surface area contributed by atoms with Crippen LogP contribution >= 0.6 is 0 Å². The number of carboxylic acids is 1. The number of hydrogen-bond acceptors (Lipinski definition) is 4. The number of carboxylic acid groups (broad SMARTS) is 1. The molecule has 1 atom stereocenters. The van der Waals surface area contributed by atoms with Crippen LogP contribution in [0.3, 0.4) is 0 Å². The fourth-order valence-electron chi connectivity index (χ4n) is 2.39. The minimum atomic E-state index is -0.928. The van der Waals surface area contributed by atoms with Crippen LogP contribution in [0.25, 0.3) is 0 Å². The number of ether oxygens (including phenoxy) is 2. The van der Waals surface area contributed by atoms with Gasteiger partial charge in [-0.25, -0.2) is 9.59 Å². The summed E-state index contributed by atoms with van der Waals surface area (Å²) in [5, 5.41) is 8.86. The molecule has 0 aliphatic carbocycles. The maximum Gasteiger partial charge on any atom is 0.410 e. The summed E-state index contributed by atoms with van der Waals surface area (Å²) in [5.74, 6) is -0.928. The maximum absolute atomic E-state index is 11.7. The Bertz CT molecular complexity index is 367. The van der Waals surface area contributed by atoms with Crippen molar-refractivity contribution in [3.8, 4) is 0 Å². The molecule has 2 saturated heterocycles. The second kappa shape index (κ2) is 4.12. The van der Waals surface area contributed by atoms with Crippen molar-refractivity contribution in [1.29, 1.82) is 0 Å². The molecule has 2 fully saturated rings. The van der Waals surface area contributed by atoms with Gasteiger partial charge >= 0.3 is 12.1 Å². The lowest BCUT2D eigenvalue weighted by molar-refractivity contribution is -0.147. The van der Waals surface area contributed by atoms with E-state index in [1.54, 1.807) is 4.90 Å². The Morgan fingerprint density at radius 3 is 2.44 bits per heavy atom. The molecule has 1 spiro atoms. The first-order valence-electron chi connectivity index (χ1n) is 6.03. The van der Waals surface area contributed by atoms with E-state index in [2.05, 4.69) is 0 Å². The topological polar surface area (TPSA) is 76.1 Å². The molecular weight excluding hydrogens is 238 g/mol. The summed E-state index contributed by atoms with van der Waals surface area (Å²) in [6.45, 7) is 6.90. The van der Waals surface area contributed by atoms with E-state index in [1.165, 1.54) is 0 Å². The van der Waals surface area contributed by atoms with E-state index in [0.29, 0.717) is 26.1 Å². The highest BCUT2D eigenvalue weighted by atomic mass is 16.6. The minimum absolute atomic E-state index is 0.181. The number of carbonyl (C=O) groups excluding carboxylic acids is 1. The highest BCUT2D eigenvalue weighted by Crippen LogP contribution is 2.41. The van der Waals surface area contributed by atoms with Gasteiger partial charge in [-0.15, -0.1) is 0 Å². The smallest absolute Gasteiger partial charge is 0.410 e. The number of aliphatic carboxylic acids is 1. The number of amides is 1. The summed E-state index contributed by atoms with van der Waals surface area (Å²) >= 11 is 0. The second-order valence-corrected chi connectivity index (χ2v) is 6.18. The molecule has 1 unspecified atom stereocenters.